The lowest BCUT2D eigenvalue weighted by Crippen LogP contribution is -2.46. The quantitative estimate of drug-likeness (QED) is 0.754. The number of rotatable bonds is 4. The third kappa shape index (κ3) is 3.01. The van der Waals surface area contributed by atoms with E-state index in [2.05, 4.69) is 20.8 Å². The van der Waals surface area contributed by atoms with E-state index < -0.39 is 0 Å². The number of carbonyl (C=O) groups excluding carboxylic acids is 1. The number of nitrogens with zero attached hydrogens (tertiary/aromatic N) is 1. The normalized spacial score (nSPS) is 26.9. The van der Waals surface area contributed by atoms with Crippen LogP contribution in [0.4, 0.5) is 0 Å². The first-order chi connectivity index (χ1) is 8.03. The average Bonchev–Trinajstić information content (AvgIpc) is 3.06. The SMILES string of the molecule is CC(C)N(CC1CCCCO1)C(=O)C1(C)CC1. The standard InChI is InChI=1S/C14H25NO2/c1-11(2)15(13(16)14(3)7-8-14)10-12-6-4-5-9-17-12/h11-12H,4-10H2,1-3H3. The molecule has 1 atom stereocenters. The molecule has 3 nitrogen and oxygen atoms in total. The van der Waals surface area contributed by atoms with Crippen molar-refractivity contribution in [2.24, 2.45) is 5.41 Å². The van der Waals surface area contributed by atoms with Gasteiger partial charge in [0, 0.05) is 24.6 Å². The lowest BCUT2D eigenvalue weighted by molar-refractivity contribution is -0.141. The molecule has 0 aromatic carbocycles. The second kappa shape index (κ2) is 4.97. The van der Waals surface area contributed by atoms with Crippen LogP contribution >= 0.6 is 0 Å². The van der Waals surface area contributed by atoms with Crippen LogP contribution in [-0.4, -0.2) is 36.1 Å². The molecule has 1 aliphatic carbocycles. The Labute approximate surface area is 105 Å². The predicted octanol–water partition coefficient (Wildman–Crippen LogP) is 2.59. The smallest absolute Gasteiger partial charge is 0.228 e. The van der Waals surface area contributed by atoms with Gasteiger partial charge in [-0.3, -0.25) is 4.79 Å². The van der Waals surface area contributed by atoms with E-state index in [1.807, 2.05) is 4.90 Å². The summed E-state index contributed by atoms with van der Waals surface area (Å²) in [4.78, 5) is 14.4. The van der Waals surface area contributed by atoms with Gasteiger partial charge in [0.05, 0.1) is 6.10 Å². The first-order valence-corrected chi connectivity index (χ1v) is 6.95. The second-order valence-corrected chi connectivity index (χ2v) is 6.10. The van der Waals surface area contributed by atoms with Gasteiger partial charge in [-0.1, -0.05) is 6.92 Å². The van der Waals surface area contributed by atoms with Gasteiger partial charge >= 0.3 is 0 Å². The third-order valence-corrected chi connectivity index (χ3v) is 4.07. The lowest BCUT2D eigenvalue weighted by atomic mass is 10.0. The zero-order chi connectivity index (χ0) is 12.5. The maximum atomic E-state index is 12.4. The van der Waals surface area contributed by atoms with Crippen LogP contribution in [0, 0.1) is 5.41 Å². The van der Waals surface area contributed by atoms with E-state index in [1.165, 1.54) is 12.8 Å². The van der Waals surface area contributed by atoms with Crippen LogP contribution in [0.25, 0.3) is 0 Å². The molecule has 0 aromatic rings. The Kier molecular flexibility index (Phi) is 3.76. The molecule has 1 saturated heterocycles. The topological polar surface area (TPSA) is 29.5 Å². The highest BCUT2D eigenvalue weighted by Crippen LogP contribution is 2.46. The van der Waals surface area contributed by atoms with E-state index in [1.54, 1.807) is 0 Å². The minimum atomic E-state index is -0.0566. The van der Waals surface area contributed by atoms with E-state index in [0.29, 0.717) is 5.91 Å². The van der Waals surface area contributed by atoms with Gasteiger partial charge in [0.25, 0.3) is 0 Å². The van der Waals surface area contributed by atoms with Crippen LogP contribution in [-0.2, 0) is 9.53 Å². The van der Waals surface area contributed by atoms with E-state index in [0.717, 1.165) is 32.4 Å². The van der Waals surface area contributed by atoms with E-state index in [4.69, 9.17) is 4.74 Å². The number of carbonyl (C=O) groups is 1. The van der Waals surface area contributed by atoms with Crippen molar-refractivity contribution in [2.45, 2.75) is 65.0 Å². The van der Waals surface area contributed by atoms with Gasteiger partial charge in [-0.2, -0.15) is 0 Å². The summed E-state index contributed by atoms with van der Waals surface area (Å²) in [5.74, 6) is 0.335. The molecule has 98 valence electrons. The van der Waals surface area contributed by atoms with Crippen LogP contribution in [0.2, 0.25) is 0 Å². The molecule has 0 aromatic heterocycles. The molecule has 1 aliphatic heterocycles. The summed E-state index contributed by atoms with van der Waals surface area (Å²) < 4.78 is 5.75. The molecule has 0 spiro atoms. The van der Waals surface area contributed by atoms with Gasteiger partial charge in [-0.05, 0) is 46.0 Å². The average molecular weight is 239 g/mol. The summed E-state index contributed by atoms with van der Waals surface area (Å²) in [6.07, 6.45) is 5.89. The largest absolute Gasteiger partial charge is 0.376 e. The Balaban J connectivity index is 1.94. The van der Waals surface area contributed by atoms with Crippen molar-refractivity contribution in [1.82, 2.24) is 4.90 Å². The molecular weight excluding hydrogens is 214 g/mol. The molecule has 3 heteroatoms. The highest BCUT2D eigenvalue weighted by Gasteiger charge is 2.47. The maximum Gasteiger partial charge on any atom is 0.228 e. The van der Waals surface area contributed by atoms with E-state index in [-0.39, 0.29) is 17.6 Å². The Bertz CT molecular complexity index is 278. The number of hydrogen-bond acceptors (Lipinski definition) is 2. The fourth-order valence-electron chi connectivity index (χ4n) is 2.45. The highest BCUT2D eigenvalue weighted by molar-refractivity contribution is 5.85. The van der Waals surface area contributed by atoms with Crippen molar-refractivity contribution in [3.05, 3.63) is 0 Å². The fraction of sp³-hybridized carbons (Fsp3) is 0.929. The summed E-state index contributed by atoms with van der Waals surface area (Å²) >= 11 is 0. The van der Waals surface area contributed by atoms with Gasteiger partial charge in [0.2, 0.25) is 5.91 Å². The van der Waals surface area contributed by atoms with Crippen molar-refractivity contribution in [3.8, 4) is 0 Å². The molecule has 1 unspecified atom stereocenters. The lowest BCUT2D eigenvalue weighted by Gasteiger charge is -2.34. The highest BCUT2D eigenvalue weighted by atomic mass is 16.5. The Hall–Kier alpha value is -0.570. The van der Waals surface area contributed by atoms with E-state index >= 15 is 0 Å². The second-order valence-electron chi connectivity index (χ2n) is 6.10. The zero-order valence-electron chi connectivity index (χ0n) is 11.4. The van der Waals surface area contributed by atoms with Crippen molar-refractivity contribution >= 4 is 5.91 Å². The zero-order valence-corrected chi connectivity index (χ0v) is 11.4. The van der Waals surface area contributed by atoms with Crippen molar-refractivity contribution in [3.63, 3.8) is 0 Å². The monoisotopic (exact) mass is 239 g/mol. The molecule has 2 fully saturated rings. The molecule has 1 heterocycles. The summed E-state index contributed by atoms with van der Waals surface area (Å²) in [5, 5.41) is 0. The number of ether oxygens (including phenoxy) is 1. The van der Waals surface area contributed by atoms with Crippen molar-refractivity contribution < 1.29 is 9.53 Å². The van der Waals surface area contributed by atoms with Gasteiger partial charge in [0.15, 0.2) is 0 Å². The predicted molar refractivity (Wildman–Crippen MR) is 67.8 cm³/mol. The first-order valence-electron chi connectivity index (χ1n) is 6.95. The first kappa shape index (κ1) is 12.9. The van der Waals surface area contributed by atoms with Crippen molar-refractivity contribution in [2.75, 3.05) is 13.2 Å². The van der Waals surface area contributed by atoms with Crippen molar-refractivity contribution in [1.29, 1.82) is 0 Å². The third-order valence-electron chi connectivity index (χ3n) is 4.07. The summed E-state index contributed by atoms with van der Waals surface area (Å²) in [5.41, 5.74) is -0.0566. The molecule has 2 aliphatic rings. The molecule has 0 bridgehead atoms. The van der Waals surface area contributed by atoms with Crippen LogP contribution < -0.4 is 0 Å². The van der Waals surface area contributed by atoms with Gasteiger partial charge in [-0.15, -0.1) is 0 Å². The summed E-state index contributed by atoms with van der Waals surface area (Å²) in [6.45, 7) is 7.94. The van der Waals surface area contributed by atoms with Gasteiger partial charge in [0.1, 0.15) is 0 Å². The Morgan fingerprint density at radius 2 is 2.12 bits per heavy atom. The van der Waals surface area contributed by atoms with Crippen LogP contribution in [0.3, 0.4) is 0 Å². The molecule has 0 N–H and O–H groups in total. The Morgan fingerprint density at radius 3 is 2.59 bits per heavy atom. The van der Waals surface area contributed by atoms with E-state index in [9.17, 15) is 4.79 Å². The Morgan fingerprint density at radius 1 is 1.41 bits per heavy atom. The maximum absolute atomic E-state index is 12.4. The number of hydrogen-bond donors (Lipinski definition) is 0. The molecule has 0 radical (unpaired) electrons. The summed E-state index contributed by atoms with van der Waals surface area (Å²) in [7, 11) is 0. The number of amides is 1. The fourth-order valence-corrected chi connectivity index (χ4v) is 2.45. The molecule has 17 heavy (non-hydrogen) atoms. The molecule has 1 saturated carbocycles. The van der Waals surface area contributed by atoms with Crippen LogP contribution in [0.1, 0.15) is 52.9 Å². The summed E-state index contributed by atoms with van der Waals surface area (Å²) in [6, 6.07) is 0.283. The van der Waals surface area contributed by atoms with Crippen LogP contribution in [0.15, 0.2) is 0 Å². The van der Waals surface area contributed by atoms with Gasteiger partial charge < -0.3 is 9.64 Å². The minimum absolute atomic E-state index is 0.0566. The molecular formula is C14H25NO2. The molecule has 1 amide bonds. The van der Waals surface area contributed by atoms with Crippen LogP contribution in [0.5, 0.6) is 0 Å². The minimum Gasteiger partial charge on any atom is -0.376 e. The molecule has 2 rings (SSSR count). The van der Waals surface area contributed by atoms with Gasteiger partial charge in [-0.25, -0.2) is 0 Å².